The lowest BCUT2D eigenvalue weighted by atomic mass is 10.7. The Morgan fingerprint density at radius 2 is 2.50 bits per heavy atom. The minimum Gasteiger partial charge on any atom is -0.480 e. The lowest BCUT2D eigenvalue weighted by molar-refractivity contribution is -0.136. The third-order valence-electron chi connectivity index (χ3n) is 0.679. The number of rotatable bonds is 5. The van der Waals surface area contributed by atoms with Crippen molar-refractivity contribution in [1.82, 2.24) is 10.9 Å². The van der Waals surface area contributed by atoms with Crippen molar-refractivity contribution in [3.05, 3.63) is 0 Å². The molecule has 0 radical (unpaired) electrons. The summed E-state index contributed by atoms with van der Waals surface area (Å²) in [6, 6.07) is 0. The summed E-state index contributed by atoms with van der Waals surface area (Å²) in [7, 11) is 1.58. The van der Waals surface area contributed by atoms with Gasteiger partial charge in [-0.15, -0.1) is 0 Å². The topological polar surface area (TPSA) is 61.4 Å². The van der Waals surface area contributed by atoms with Crippen LogP contribution >= 0.6 is 30.1 Å². The van der Waals surface area contributed by atoms with E-state index in [0.717, 1.165) is 0 Å². The van der Waals surface area contributed by atoms with E-state index in [1.807, 2.05) is 6.92 Å². The lowest BCUT2D eigenvalue weighted by Gasteiger charge is -2.08. The summed E-state index contributed by atoms with van der Waals surface area (Å²) in [5.41, 5.74) is 5.35. The van der Waals surface area contributed by atoms with E-state index < -0.39 is 5.97 Å². The number of hydrogen-bond donors (Lipinski definition) is 3. The van der Waals surface area contributed by atoms with Crippen molar-refractivity contribution in [3.8, 4) is 0 Å². The highest BCUT2D eigenvalue weighted by Gasteiger charge is 1.98. The molecule has 3 N–H and O–H groups in total. The van der Waals surface area contributed by atoms with Gasteiger partial charge in [0.05, 0.1) is 5.37 Å². The average Bonchev–Trinajstić information content (AvgIpc) is 1.87. The molecule has 0 rings (SSSR count). The summed E-state index contributed by atoms with van der Waals surface area (Å²) in [6.45, 7) is 1.88. The van der Waals surface area contributed by atoms with Crippen LogP contribution in [0, 0.1) is 0 Å². The first-order valence-electron chi connectivity index (χ1n) is 2.64. The van der Waals surface area contributed by atoms with E-state index >= 15 is 0 Å². The molecule has 0 aliphatic heterocycles. The predicted octanol–water partition coefficient (Wildman–Crippen LogP) is 0.594. The Balaban J connectivity index is 3.11. The molecular weight excluding hydrogens is 267 g/mol. The molecule has 0 aromatic rings. The lowest BCUT2D eigenvalue weighted by Crippen LogP contribution is -2.39. The van der Waals surface area contributed by atoms with Crippen LogP contribution in [0.25, 0.3) is 0 Å². The number of hydrogen-bond acceptors (Lipinski definition) is 4. The molecule has 10 heavy (non-hydrogen) atoms. The zero-order chi connectivity index (χ0) is 7.98. The van der Waals surface area contributed by atoms with Crippen molar-refractivity contribution in [1.29, 1.82) is 0 Å². The summed E-state index contributed by atoms with van der Waals surface area (Å²) >= 11 is 2.14. The summed E-state index contributed by atoms with van der Waals surface area (Å²) < 4.78 is 0. The molecule has 0 fully saturated rings. The Labute approximate surface area is 75.7 Å². The minimum atomic E-state index is -0.863. The van der Waals surface area contributed by atoms with Gasteiger partial charge in [0, 0.05) is 0 Å². The molecule has 60 valence electrons. The highest BCUT2D eigenvalue weighted by Crippen LogP contribution is 2.14. The first kappa shape index (κ1) is 10.5. The van der Waals surface area contributed by atoms with Crippen molar-refractivity contribution in [2.24, 2.45) is 0 Å². The molecule has 1 atom stereocenters. The molecule has 0 aliphatic rings. The second-order valence-electron chi connectivity index (χ2n) is 1.62. The molecule has 0 saturated carbocycles. The number of carboxylic acids is 1. The van der Waals surface area contributed by atoms with Crippen molar-refractivity contribution >= 4 is 36.1 Å². The highest BCUT2D eigenvalue weighted by molar-refractivity contribution is 14.2. The third kappa shape index (κ3) is 6.59. The van der Waals surface area contributed by atoms with E-state index in [-0.39, 0.29) is 11.9 Å². The van der Waals surface area contributed by atoms with E-state index in [2.05, 4.69) is 32.1 Å². The van der Waals surface area contributed by atoms with E-state index in [1.165, 1.54) is 0 Å². The molecule has 0 saturated heterocycles. The number of carbonyl (C=O) groups is 1. The first-order chi connectivity index (χ1) is 4.66. The molecule has 4 nitrogen and oxygen atoms in total. The summed E-state index contributed by atoms with van der Waals surface area (Å²) in [4.78, 5) is 9.96. The monoisotopic (exact) mass is 276 g/mol. The quantitative estimate of drug-likeness (QED) is 0.390. The van der Waals surface area contributed by atoms with Crippen molar-refractivity contribution in [3.63, 3.8) is 0 Å². The zero-order valence-corrected chi connectivity index (χ0v) is 8.40. The van der Waals surface area contributed by atoms with E-state index in [0.29, 0.717) is 0 Å². The Hall–Kier alpha value is 0.470. The van der Waals surface area contributed by atoms with Crippen LogP contribution in [0.2, 0.25) is 0 Å². The van der Waals surface area contributed by atoms with Gasteiger partial charge in [-0.3, -0.25) is 4.79 Å². The molecule has 0 amide bonds. The molecule has 0 bridgehead atoms. The standard InChI is InChI=1S/C4H9IN2O2S/c1-3(10-5)7-6-2-4(8)9/h3,6-7H,2H2,1H3,(H,8,9). The Morgan fingerprint density at radius 3 is 2.90 bits per heavy atom. The summed E-state index contributed by atoms with van der Waals surface area (Å²) in [5.74, 6) is -0.863. The molecular formula is C4H9IN2O2S. The summed E-state index contributed by atoms with van der Waals surface area (Å²) in [6.07, 6.45) is 0. The minimum absolute atomic E-state index is 0.0540. The Bertz CT molecular complexity index is 113. The fraction of sp³-hybridized carbons (Fsp3) is 0.750. The van der Waals surface area contributed by atoms with E-state index in [9.17, 15) is 4.79 Å². The van der Waals surface area contributed by atoms with Gasteiger partial charge in [-0.2, -0.15) is 0 Å². The van der Waals surface area contributed by atoms with Gasteiger partial charge in [0.2, 0.25) is 0 Å². The number of aliphatic carboxylic acids is 1. The molecule has 0 heterocycles. The molecule has 0 aliphatic carbocycles. The van der Waals surface area contributed by atoms with Crippen LogP contribution in [0.3, 0.4) is 0 Å². The van der Waals surface area contributed by atoms with Crippen LogP contribution < -0.4 is 10.9 Å². The second kappa shape index (κ2) is 6.20. The first-order valence-corrected chi connectivity index (χ1v) is 6.06. The molecule has 1 unspecified atom stereocenters. The predicted molar refractivity (Wildman–Crippen MR) is 49.8 cm³/mol. The number of carboxylic acid groups (broad SMARTS) is 1. The van der Waals surface area contributed by atoms with Crippen LogP contribution in [0.5, 0.6) is 0 Å². The molecule has 6 heteroatoms. The maximum absolute atomic E-state index is 9.96. The zero-order valence-electron chi connectivity index (χ0n) is 5.43. The van der Waals surface area contributed by atoms with Crippen molar-refractivity contribution < 1.29 is 9.90 Å². The van der Waals surface area contributed by atoms with Crippen molar-refractivity contribution in [2.45, 2.75) is 12.3 Å². The van der Waals surface area contributed by atoms with E-state index in [1.54, 1.807) is 8.93 Å². The van der Waals surface area contributed by atoms with Crippen LogP contribution in [-0.2, 0) is 4.79 Å². The van der Waals surface area contributed by atoms with Gasteiger partial charge >= 0.3 is 5.97 Å². The number of hydrazine groups is 1. The van der Waals surface area contributed by atoms with Crippen LogP contribution in [0.15, 0.2) is 0 Å². The van der Waals surface area contributed by atoms with Gasteiger partial charge in [0.25, 0.3) is 0 Å². The number of nitrogens with one attached hydrogen (secondary N) is 2. The smallest absolute Gasteiger partial charge is 0.318 e. The fourth-order valence-electron chi connectivity index (χ4n) is 0.293. The van der Waals surface area contributed by atoms with Gasteiger partial charge in [0.15, 0.2) is 0 Å². The molecule has 0 spiro atoms. The average molecular weight is 276 g/mol. The molecule has 0 aromatic carbocycles. The van der Waals surface area contributed by atoms with Crippen LogP contribution in [0.4, 0.5) is 0 Å². The Morgan fingerprint density at radius 1 is 1.90 bits per heavy atom. The molecule has 0 aromatic heterocycles. The van der Waals surface area contributed by atoms with Gasteiger partial charge in [-0.1, -0.05) is 8.93 Å². The SMILES string of the molecule is CC(NNCC(=O)O)SI. The largest absolute Gasteiger partial charge is 0.480 e. The van der Waals surface area contributed by atoms with E-state index in [4.69, 9.17) is 5.11 Å². The van der Waals surface area contributed by atoms with Gasteiger partial charge in [0.1, 0.15) is 6.54 Å². The third-order valence-corrected chi connectivity index (χ3v) is 3.35. The Kier molecular flexibility index (Phi) is 6.49. The van der Waals surface area contributed by atoms with Gasteiger partial charge in [-0.25, -0.2) is 10.9 Å². The maximum atomic E-state index is 9.96. The van der Waals surface area contributed by atoms with Gasteiger partial charge < -0.3 is 5.11 Å². The summed E-state index contributed by atoms with van der Waals surface area (Å²) in [5, 5.41) is 8.41. The van der Waals surface area contributed by atoms with Crippen LogP contribution in [-0.4, -0.2) is 23.0 Å². The fourth-order valence-corrected chi connectivity index (χ4v) is 0.802. The second-order valence-corrected chi connectivity index (χ2v) is 4.03. The van der Waals surface area contributed by atoms with Crippen molar-refractivity contribution in [2.75, 3.05) is 6.54 Å². The normalized spacial score (nSPS) is 13.0. The maximum Gasteiger partial charge on any atom is 0.318 e. The van der Waals surface area contributed by atoms with Gasteiger partial charge in [-0.05, 0) is 28.1 Å². The van der Waals surface area contributed by atoms with Crippen LogP contribution in [0.1, 0.15) is 6.92 Å². The highest BCUT2D eigenvalue weighted by atomic mass is 127. The number of halogens is 1.